The molecule has 0 aromatic heterocycles. The first-order valence-corrected chi connectivity index (χ1v) is 8.30. The molecule has 0 aliphatic carbocycles. The molecule has 0 atom stereocenters. The van der Waals surface area contributed by atoms with E-state index in [0.29, 0.717) is 0 Å². The van der Waals surface area contributed by atoms with Gasteiger partial charge in [-0.05, 0) is 24.6 Å². The van der Waals surface area contributed by atoms with Crippen molar-refractivity contribution in [1.82, 2.24) is 4.31 Å². The van der Waals surface area contributed by atoms with Crippen molar-refractivity contribution in [2.75, 3.05) is 32.1 Å². The van der Waals surface area contributed by atoms with Crippen LogP contribution in [-0.4, -0.2) is 39.9 Å². The second-order valence-corrected chi connectivity index (χ2v) is 7.00. The molecule has 1 rings (SSSR count). The lowest BCUT2D eigenvalue weighted by Crippen LogP contribution is -2.33. The van der Waals surface area contributed by atoms with E-state index in [1.165, 1.54) is 4.31 Å². The minimum Gasteiger partial charge on any atom is -0.377 e. The monoisotopic (exact) mass is 320 g/mol. The van der Waals surface area contributed by atoms with E-state index >= 15 is 0 Å². The number of sulfonamides is 1. The zero-order valence-corrected chi connectivity index (χ0v) is 13.9. The highest BCUT2D eigenvalue weighted by Gasteiger charge is 2.24. The molecule has 7 heteroatoms. The molecule has 1 aromatic rings. The lowest BCUT2D eigenvalue weighted by molar-refractivity contribution is 0.425. The fourth-order valence-electron chi connectivity index (χ4n) is 2.08. The highest BCUT2D eigenvalue weighted by atomic mass is 32.2. The normalized spacial score (nSPS) is 11.0. The van der Waals surface area contributed by atoms with Gasteiger partial charge in [0.25, 0.3) is 0 Å². The van der Waals surface area contributed by atoms with Crippen molar-refractivity contribution >= 4 is 15.7 Å². The lowest BCUT2D eigenvalue weighted by Gasteiger charge is -2.22. The first-order chi connectivity index (χ1) is 10.3. The Morgan fingerprint density at radius 2 is 1.64 bits per heavy atom. The van der Waals surface area contributed by atoms with Gasteiger partial charge in [0.15, 0.2) is 0 Å². The molecular formula is C15H20N4O2S. The van der Waals surface area contributed by atoms with E-state index in [1.807, 2.05) is 38.1 Å². The molecular weight excluding hydrogens is 300 g/mol. The number of benzene rings is 1. The molecule has 118 valence electrons. The maximum atomic E-state index is 12.7. The van der Waals surface area contributed by atoms with E-state index in [1.54, 1.807) is 18.2 Å². The van der Waals surface area contributed by atoms with E-state index in [0.717, 1.165) is 11.3 Å². The van der Waals surface area contributed by atoms with Crippen LogP contribution >= 0.6 is 0 Å². The van der Waals surface area contributed by atoms with Gasteiger partial charge < -0.3 is 4.90 Å². The van der Waals surface area contributed by atoms with Crippen molar-refractivity contribution < 1.29 is 8.42 Å². The summed E-state index contributed by atoms with van der Waals surface area (Å²) < 4.78 is 26.6. The number of nitrogens with zero attached hydrogens (tertiary/aromatic N) is 4. The van der Waals surface area contributed by atoms with E-state index in [-0.39, 0.29) is 30.8 Å². The second-order valence-electron chi connectivity index (χ2n) is 5.06. The molecule has 0 aliphatic rings. The number of hydrogen-bond donors (Lipinski definition) is 0. The molecule has 0 amide bonds. The van der Waals surface area contributed by atoms with Gasteiger partial charge >= 0.3 is 0 Å². The second kappa shape index (κ2) is 7.79. The zero-order chi connectivity index (χ0) is 16.8. The summed E-state index contributed by atoms with van der Waals surface area (Å²) in [6.07, 6.45) is 0.189. The van der Waals surface area contributed by atoms with Crippen LogP contribution < -0.4 is 4.90 Å². The molecule has 22 heavy (non-hydrogen) atoms. The highest BCUT2D eigenvalue weighted by molar-refractivity contribution is 7.89. The van der Waals surface area contributed by atoms with Crippen LogP contribution in [0.2, 0.25) is 0 Å². The number of anilines is 1. The molecule has 6 nitrogen and oxygen atoms in total. The van der Waals surface area contributed by atoms with Gasteiger partial charge in [0.05, 0.1) is 17.0 Å². The Hall–Kier alpha value is -2.09. The first kappa shape index (κ1) is 18.0. The zero-order valence-electron chi connectivity index (χ0n) is 13.1. The van der Waals surface area contributed by atoms with Crippen molar-refractivity contribution in [2.24, 2.45) is 0 Å². The van der Waals surface area contributed by atoms with Crippen LogP contribution in [0.4, 0.5) is 5.69 Å². The van der Waals surface area contributed by atoms with E-state index in [4.69, 9.17) is 10.5 Å². The molecule has 0 saturated heterocycles. The fourth-order valence-corrected chi connectivity index (χ4v) is 3.54. The smallest absolute Gasteiger partial charge is 0.243 e. The average molecular weight is 320 g/mol. The quantitative estimate of drug-likeness (QED) is 0.765. The SMILES string of the molecule is Cc1ccc(S(=O)(=O)N(CCC#N)CCC#N)cc1N(C)C. The minimum absolute atomic E-state index is 0.0890. The predicted octanol–water partition coefficient (Wildman–Crippen LogP) is 1.88. The van der Waals surface area contributed by atoms with Crippen molar-refractivity contribution in [1.29, 1.82) is 10.5 Å². The van der Waals surface area contributed by atoms with Crippen LogP contribution in [0.3, 0.4) is 0 Å². The summed E-state index contributed by atoms with van der Waals surface area (Å²) in [5, 5.41) is 17.4. The van der Waals surface area contributed by atoms with Crippen molar-refractivity contribution in [2.45, 2.75) is 24.7 Å². The summed E-state index contributed by atoms with van der Waals surface area (Å²) in [5.41, 5.74) is 1.80. The Morgan fingerprint density at radius 1 is 1.09 bits per heavy atom. The Balaban J connectivity index is 3.22. The molecule has 0 heterocycles. The minimum atomic E-state index is -3.71. The highest BCUT2D eigenvalue weighted by Crippen LogP contribution is 2.24. The largest absolute Gasteiger partial charge is 0.377 e. The summed E-state index contributed by atoms with van der Waals surface area (Å²) in [6.45, 7) is 2.09. The molecule has 1 aromatic carbocycles. The summed E-state index contributed by atoms with van der Waals surface area (Å²) in [7, 11) is -0.0157. The van der Waals surface area contributed by atoms with Gasteiger partial charge in [-0.15, -0.1) is 0 Å². The third-order valence-corrected chi connectivity index (χ3v) is 5.14. The van der Waals surface area contributed by atoms with Crippen LogP contribution in [-0.2, 0) is 10.0 Å². The maximum absolute atomic E-state index is 12.7. The van der Waals surface area contributed by atoms with Crippen LogP contribution in [0.5, 0.6) is 0 Å². The van der Waals surface area contributed by atoms with Crippen LogP contribution in [0.15, 0.2) is 23.1 Å². The number of hydrogen-bond acceptors (Lipinski definition) is 5. The van der Waals surface area contributed by atoms with Crippen LogP contribution in [0.25, 0.3) is 0 Å². The van der Waals surface area contributed by atoms with Crippen molar-refractivity contribution in [3.8, 4) is 12.1 Å². The molecule has 0 fully saturated rings. The van der Waals surface area contributed by atoms with E-state index < -0.39 is 10.0 Å². The Bertz CT molecular complexity index is 681. The summed E-state index contributed by atoms with van der Waals surface area (Å²) in [5.74, 6) is 0. The average Bonchev–Trinajstić information content (AvgIpc) is 2.47. The Kier molecular flexibility index (Phi) is 6.36. The standard InChI is InChI=1S/C15H20N4O2S/c1-13-6-7-14(12-15(13)18(2)3)22(20,21)19(10-4-8-16)11-5-9-17/h6-7,12H,4-5,10-11H2,1-3H3. The molecule has 0 aliphatic heterocycles. The van der Waals surface area contributed by atoms with Gasteiger partial charge in [-0.1, -0.05) is 6.07 Å². The number of aryl methyl sites for hydroxylation is 1. The molecule has 0 unspecified atom stereocenters. The van der Waals surface area contributed by atoms with E-state index in [9.17, 15) is 8.42 Å². The van der Waals surface area contributed by atoms with Crippen molar-refractivity contribution in [3.05, 3.63) is 23.8 Å². The Labute approximate surface area is 132 Å². The topological polar surface area (TPSA) is 88.2 Å². The third-order valence-electron chi connectivity index (χ3n) is 3.25. The van der Waals surface area contributed by atoms with Gasteiger partial charge in [-0.2, -0.15) is 14.8 Å². The maximum Gasteiger partial charge on any atom is 0.243 e. The predicted molar refractivity (Wildman–Crippen MR) is 84.7 cm³/mol. The van der Waals surface area contributed by atoms with Crippen LogP contribution in [0.1, 0.15) is 18.4 Å². The van der Waals surface area contributed by atoms with Gasteiger partial charge in [0.1, 0.15) is 0 Å². The third kappa shape index (κ3) is 4.20. The Morgan fingerprint density at radius 3 is 2.09 bits per heavy atom. The molecule has 0 radical (unpaired) electrons. The van der Waals surface area contributed by atoms with Crippen LogP contribution in [0, 0.1) is 29.6 Å². The van der Waals surface area contributed by atoms with Crippen molar-refractivity contribution in [3.63, 3.8) is 0 Å². The van der Waals surface area contributed by atoms with Gasteiger partial charge in [-0.25, -0.2) is 8.42 Å². The number of rotatable bonds is 7. The fraction of sp³-hybridized carbons (Fsp3) is 0.467. The van der Waals surface area contributed by atoms with Gasteiger partial charge in [-0.3, -0.25) is 0 Å². The first-order valence-electron chi connectivity index (χ1n) is 6.86. The summed E-state index contributed by atoms with van der Waals surface area (Å²) in [4.78, 5) is 2.03. The lowest BCUT2D eigenvalue weighted by atomic mass is 10.2. The molecule has 0 bridgehead atoms. The molecule has 0 spiro atoms. The van der Waals surface area contributed by atoms with E-state index in [2.05, 4.69) is 0 Å². The van der Waals surface area contributed by atoms with Gasteiger partial charge in [0, 0.05) is 45.7 Å². The molecule has 0 saturated carbocycles. The summed E-state index contributed by atoms with van der Waals surface area (Å²) >= 11 is 0. The summed E-state index contributed by atoms with van der Waals surface area (Å²) in [6, 6.07) is 8.82. The van der Waals surface area contributed by atoms with Gasteiger partial charge in [0.2, 0.25) is 10.0 Å². The molecule has 0 N–H and O–H groups in total. The number of nitriles is 2.